The average molecular weight is 731 g/mol. The highest BCUT2D eigenvalue weighted by atomic mass is 32.1. The van der Waals surface area contributed by atoms with Crippen LogP contribution in [-0.2, 0) is 30.3 Å². The van der Waals surface area contributed by atoms with Crippen molar-refractivity contribution in [2.45, 2.75) is 123 Å². The largest absolute Gasteiger partial charge is 0.511 e. The van der Waals surface area contributed by atoms with Gasteiger partial charge in [-0.3, -0.25) is 14.4 Å². The van der Waals surface area contributed by atoms with E-state index in [0.29, 0.717) is 18.0 Å². The Bertz CT molecular complexity index is 1310. The van der Waals surface area contributed by atoms with E-state index in [0.717, 1.165) is 24.8 Å². The number of nitrogens with zero attached hydrogens (tertiary/aromatic N) is 2. The normalized spacial score (nSPS) is 19.1. The van der Waals surface area contributed by atoms with Crippen molar-refractivity contribution < 1.29 is 29.0 Å². The number of rotatable bonds is 21. The topological polar surface area (TPSA) is 120 Å². The number of carbonyl (C=O) groups excluding carboxylic acids is 3. The predicted octanol–water partition coefficient (Wildman–Crippen LogP) is 5.74. The Kier molecular flexibility index (Phi) is 17.7. The van der Waals surface area contributed by atoms with Gasteiger partial charge in [-0.25, -0.2) is 0 Å². The van der Waals surface area contributed by atoms with E-state index in [-0.39, 0.29) is 72.1 Å². The van der Waals surface area contributed by atoms with Crippen molar-refractivity contribution in [1.82, 2.24) is 20.4 Å². The van der Waals surface area contributed by atoms with Crippen molar-refractivity contribution in [3.05, 3.63) is 48.2 Å². The van der Waals surface area contributed by atoms with Gasteiger partial charge < -0.3 is 35.0 Å². The molecule has 51 heavy (non-hydrogen) atoms. The first-order valence-electron chi connectivity index (χ1n) is 18.5. The van der Waals surface area contributed by atoms with Crippen LogP contribution in [-0.4, -0.2) is 108 Å². The Labute approximate surface area is 313 Å². The van der Waals surface area contributed by atoms with E-state index in [1.54, 1.807) is 33.2 Å². The summed E-state index contributed by atoms with van der Waals surface area (Å²) in [6.45, 7) is 18.1. The first kappa shape index (κ1) is 44.3. The minimum Gasteiger partial charge on any atom is -0.511 e. The lowest BCUT2D eigenvalue weighted by Crippen LogP contribution is -2.55. The molecule has 1 fully saturated rings. The number of thiocarbonyl (C=S) groups is 1. The number of hydrogen-bond donors (Lipinski definition) is 3. The number of nitrogens with one attached hydrogen (secondary N) is 2. The van der Waals surface area contributed by atoms with Crippen LogP contribution >= 0.6 is 12.2 Å². The summed E-state index contributed by atoms with van der Waals surface area (Å²) >= 11 is 5.85. The summed E-state index contributed by atoms with van der Waals surface area (Å²) in [5, 5.41) is 16.8. The number of ketones is 1. The second-order valence-electron chi connectivity index (χ2n) is 15.2. The number of Topliss-reactive ketones (excluding diaryl/α,β-unsaturated/α-hetero) is 1. The van der Waals surface area contributed by atoms with Crippen molar-refractivity contribution >= 4 is 34.8 Å². The fourth-order valence-electron chi connectivity index (χ4n) is 7.18. The number of aliphatic hydroxyl groups excluding tert-OH is 1. The predicted molar refractivity (Wildman–Crippen MR) is 209 cm³/mol. The van der Waals surface area contributed by atoms with Gasteiger partial charge >= 0.3 is 0 Å². The van der Waals surface area contributed by atoms with Gasteiger partial charge in [-0.15, -0.1) is 0 Å². The van der Waals surface area contributed by atoms with Gasteiger partial charge in [0.25, 0.3) is 0 Å². The molecular formula is C40H66N4O6S. The fourth-order valence-corrected chi connectivity index (χ4v) is 7.45. The van der Waals surface area contributed by atoms with Gasteiger partial charge in [0.2, 0.25) is 11.8 Å². The molecule has 3 N–H and O–H groups in total. The van der Waals surface area contributed by atoms with Crippen LogP contribution in [0.3, 0.4) is 0 Å². The first-order chi connectivity index (χ1) is 23.9. The molecule has 0 saturated carbocycles. The Hall–Kier alpha value is -2.86. The van der Waals surface area contributed by atoms with Crippen LogP contribution in [0.15, 0.2) is 42.7 Å². The molecule has 288 valence electrons. The van der Waals surface area contributed by atoms with Crippen molar-refractivity contribution in [3.63, 3.8) is 0 Å². The second-order valence-corrected chi connectivity index (χ2v) is 15.6. The van der Waals surface area contributed by atoms with Crippen LogP contribution in [0.1, 0.15) is 86.1 Å². The number of amides is 2. The molecular weight excluding hydrogens is 665 g/mol. The highest BCUT2D eigenvalue weighted by Crippen LogP contribution is 2.31. The molecule has 1 aromatic carbocycles. The Morgan fingerprint density at radius 3 is 2.24 bits per heavy atom. The maximum absolute atomic E-state index is 14.2. The van der Waals surface area contributed by atoms with Crippen LogP contribution in [0.4, 0.5) is 0 Å². The SMILES string of the molecule is C=C(O)[C@H](Cc1ccccc1)NC(=S)[C@H](C)[C@@H](OC)[C@@H]1CCCN1C(=O)C[C@@H](OC)[C@H]([C@@H](C)CC)N(C)C(=O)[C@@H](CC(=O)C(C)(C)NC)C(C)C. The second kappa shape index (κ2) is 20.4. The van der Waals surface area contributed by atoms with Gasteiger partial charge in [0, 0.05) is 46.1 Å². The summed E-state index contributed by atoms with van der Waals surface area (Å²) < 4.78 is 12.1. The van der Waals surface area contributed by atoms with E-state index < -0.39 is 23.6 Å². The van der Waals surface area contributed by atoms with Crippen LogP contribution in [0.2, 0.25) is 0 Å². The van der Waals surface area contributed by atoms with Gasteiger partial charge in [-0.1, -0.05) is 90.2 Å². The van der Waals surface area contributed by atoms with E-state index in [1.807, 2.05) is 69.9 Å². The van der Waals surface area contributed by atoms with Crippen LogP contribution in [0.25, 0.3) is 0 Å². The molecule has 11 heteroatoms. The summed E-state index contributed by atoms with van der Waals surface area (Å²) in [6.07, 6.45) is 2.15. The summed E-state index contributed by atoms with van der Waals surface area (Å²) in [4.78, 5) is 45.7. The number of likely N-dealkylation sites (N-methyl/N-ethyl adjacent to an activating group) is 2. The zero-order valence-electron chi connectivity index (χ0n) is 33.0. The molecule has 0 radical (unpaired) electrons. The van der Waals surface area contributed by atoms with E-state index in [4.69, 9.17) is 21.7 Å². The van der Waals surface area contributed by atoms with Gasteiger partial charge in [-0.05, 0) is 57.6 Å². The van der Waals surface area contributed by atoms with E-state index >= 15 is 0 Å². The number of aliphatic hydroxyl groups is 1. The molecule has 0 aromatic heterocycles. The van der Waals surface area contributed by atoms with Crippen molar-refractivity contribution in [2.75, 3.05) is 34.9 Å². The average Bonchev–Trinajstić information content (AvgIpc) is 3.59. The maximum atomic E-state index is 14.2. The van der Waals surface area contributed by atoms with E-state index in [2.05, 4.69) is 31.1 Å². The van der Waals surface area contributed by atoms with Crippen LogP contribution < -0.4 is 10.6 Å². The molecule has 8 atom stereocenters. The van der Waals surface area contributed by atoms with Crippen molar-refractivity contribution in [1.29, 1.82) is 0 Å². The zero-order valence-corrected chi connectivity index (χ0v) is 33.8. The molecule has 1 heterocycles. The molecule has 0 bridgehead atoms. The number of likely N-dealkylation sites (tertiary alicyclic amines) is 1. The highest BCUT2D eigenvalue weighted by molar-refractivity contribution is 7.80. The minimum absolute atomic E-state index is 0.00178. The lowest BCUT2D eigenvalue weighted by molar-refractivity contribution is -0.148. The molecule has 0 unspecified atom stereocenters. The number of hydrogen-bond acceptors (Lipinski definition) is 8. The Morgan fingerprint density at radius 1 is 1.10 bits per heavy atom. The smallest absolute Gasteiger partial charge is 0.226 e. The molecule has 1 aliphatic rings. The van der Waals surface area contributed by atoms with E-state index in [1.165, 1.54) is 0 Å². The van der Waals surface area contributed by atoms with Gasteiger partial charge in [0.1, 0.15) is 5.76 Å². The third kappa shape index (κ3) is 11.8. The Morgan fingerprint density at radius 2 is 1.73 bits per heavy atom. The number of benzene rings is 1. The molecule has 2 rings (SSSR count). The zero-order chi connectivity index (χ0) is 38.6. The maximum Gasteiger partial charge on any atom is 0.226 e. The number of methoxy groups -OCH3 is 2. The summed E-state index contributed by atoms with van der Waals surface area (Å²) in [5.74, 6) is -0.998. The van der Waals surface area contributed by atoms with Crippen LogP contribution in [0, 0.1) is 23.7 Å². The summed E-state index contributed by atoms with van der Waals surface area (Å²) in [7, 11) is 6.76. The molecule has 0 spiro atoms. The lowest BCUT2D eigenvalue weighted by Gasteiger charge is -2.41. The molecule has 1 aliphatic heterocycles. The third-order valence-corrected chi connectivity index (χ3v) is 11.6. The molecule has 2 amide bonds. The number of carbonyl (C=O) groups is 3. The van der Waals surface area contributed by atoms with Gasteiger partial charge in [-0.2, -0.15) is 0 Å². The molecule has 0 aliphatic carbocycles. The molecule has 1 aromatic rings. The monoisotopic (exact) mass is 730 g/mol. The standard InChI is InChI=1S/C40H66N4O6S/c1-13-26(4)36(43(10)39(48)30(25(2)3)23-34(46)40(7,8)41-9)33(49-11)24-35(47)44-21-17-20-32(44)37(50-12)27(5)38(51)42-31(28(6)45)22-29-18-15-14-16-19-29/h14-16,18-19,25-27,30-33,36-37,41,45H,6,13,17,20-24H2,1-5,7-12H3,(H,42,51)/t26-,27+,30-,31-,32-,33+,36-,37+/m0/s1. The third-order valence-electron chi connectivity index (χ3n) is 11.1. The fraction of sp³-hybridized carbons (Fsp3) is 0.700. The first-order valence-corrected chi connectivity index (χ1v) is 18.9. The van der Waals surface area contributed by atoms with Gasteiger partial charge in [0.05, 0.1) is 47.3 Å². The number of ether oxygens (including phenoxy) is 2. The minimum atomic E-state index is -0.746. The van der Waals surface area contributed by atoms with Crippen molar-refractivity contribution in [2.24, 2.45) is 23.7 Å². The van der Waals surface area contributed by atoms with E-state index in [9.17, 15) is 19.5 Å². The van der Waals surface area contributed by atoms with Crippen LogP contribution in [0.5, 0.6) is 0 Å². The lowest BCUT2D eigenvalue weighted by atomic mass is 9.83. The molecule has 10 nitrogen and oxygen atoms in total. The highest BCUT2D eigenvalue weighted by Gasteiger charge is 2.43. The molecule has 1 saturated heterocycles. The Balaban J connectivity index is 2.26. The quantitative estimate of drug-likeness (QED) is 0.108. The summed E-state index contributed by atoms with van der Waals surface area (Å²) in [5.41, 5.74) is 0.294. The van der Waals surface area contributed by atoms with Crippen molar-refractivity contribution in [3.8, 4) is 0 Å². The van der Waals surface area contributed by atoms with Gasteiger partial charge in [0.15, 0.2) is 5.78 Å². The summed E-state index contributed by atoms with van der Waals surface area (Å²) in [6, 6.07) is 8.77.